The molecule has 5 nitrogen and oxygen atoms in total. The van der Waals surface area contributed by atoms with Gasteiger partial charge in [-0.2, -0.15) is 0 Å². The summed E-state index contributed by atoms with van der Waals surface area (Å²) in [4.78, 5) is 29.1. The van der Waals surface area contributed by atoms with Crippen LogP contribution in [0.1, 0.15) is 42.9 Å². The van der Waals surface area contributed by atoms with Gasteiger partial charge in [0, 0.05) is 31.0 Å². The molecule has 0 atom stereocenters. The molecule has 3 amide bonds. The number of nitrogens with one attached hydrogen (secondary N) is 1. The highest BCUT2D eigenvalue weighted by Gasteiger charge is 2.26. The summed E-state index contributed by atoms with van der Waals surface area (Å²) in [6, 6.07) is 21.7. The predicted molar refractivity (Wildman–Crippen MR) is 133 cm³/mol. The Balaban J connectivity index is 1.36. The fraction of sp³-hybridized carbons (Fsp3) is 0.286. The lowest BCUT2D eigenvalue weighted by molar-refractivity contribution is -0.115. The average molecular weight is 460 g/mol. The summed E-state index contributed by atoms with van der Waals surface area (Å²) < 4.78 is 13.0. The molecule has 0 radical (unpaired) electrons. The molecule has 1 aliphatic heterocycles. The van der Waals surface area contributed by atoms with Crippen molar-refractivity contribution in [3.05, 3.63) is 95.3 Å². The lowest BCUT2D eigenvalue weighted by Gasteiger charge is -2.35. The molecular weight excluding hydrogens is 429 g/mol. The Hall–Kier alpha value is -3.67. The van der Waals surface area contributed by atoms with Gasteiger partial charge in [0.25, 0.3) is 0 Å². The Morgan fingerprint density at radius 3 is 2.21 bits per heavy atom. The van der Waals surface area contributed by atoms with Crippen LogP contribution in [-0.4, -0.2) is 29.9 Å². The molecule has 0 aliphatic carbocycles. The molecule has 0 unspecified atom stereocenters. The monoisotopic (exact) mass is 459 g/mol. The minimum absolute atomic E-state index is 0.00715. The lowest BCUT2D eigenvalue weighted by Crippen LogP contribution is -2.49. The number of amides is 3. The number of halogens is 1. The molecule has 1 fully saturated rings. The predicted octanol–water partition coefficient (Wildman–Crippen LogP) is 5.96. The second kappa shape index (κ2) is 10.5. The van der Waals surface area contributed by atoms with Gasteiger partial charge in [0.2, 0.25) is 5.91 Å². The first-order valence-electron chi connectivity index (χ1n) is 11.7. The summed E-state index contributed by atoms with van der Waals surface area (Å²) in [5.41, 5.74) is 4.62. The maximum atomic E-state index is 13.2. The molecule has 1 aliphatic rings. The summed E-state index contributed by atoms with van der Waals surface area (Å²) in [5.74, 6) is -0.0190. The van der Waals surface area contributed by atoms with Crippen molar-refractivity contribution in [2.45, 2.75) is 39.2 Å². The molecule has 0 bridgehead atoms. The first kappa shape index (κ1) is 23.5. The average Bonchev–Trinajstić information content (AvgIpc) is 2.83. The smallest absolute Gasteiger partial charge is 0.324 e. The van der Waals surface area contributed by atoms with Crippen LogP contribution in [-0.2, 0) is 17.8 Å². The second-order valence-corrected chi connectivity index (χ2v) is 9.00. The van der Waals surface area contributed by atoms with Gasteiger partial charge in [-0.15, -0.1) is 0 Å². The maximum absolute atomic E-state index is 13.2. The Labute approximate surface area is 200 Å². The van der Waals surface area contributed by atoms with Crippen LogP contribution < -0.4 is 10.2 Å². The van der Waals surface area contributed by atoms with E-state index < -0.39 is 0 Å². The molecule has 4 rings (SSSR count). The molecule has 1 N–H and O–H groups in total. The van der Waals surface area contributed by atoms with Crippen molar-refractivity contribution in [2.24, 2.45) is 0 Å². The van der Waals surface area contributed by atoms with Crippen molar-refractivity contribution < 1.29 is 14.0 Å². The van der Waals surface area contributed by atoms with Crippen LogP contribution in [0, 0.1) is 5.82 Å². The molecule has 176 valence electrons. The van der Waals surface area contributed by atoms with Gasteiger partial charge in [0.1, 0.15) is 5.82 Å². The van der Waals surface area contributed by atoms with E-state index in [0.717, 1.165) is 29.8 Å². The van der Waals surface area contributed by atoms with E-state index in [1.54, 1.807) is 29.2 Å². The third-order valence-corrected chi connectivity index (χ3v) is 6.07. The van der Waals surface area contributed by atoms with Crippen LogP contribution in [0.25, 0.3) is 0 Å². The summed E-state index contributed by atoms with van der Waals surface area (Å²) in [7, 11) is 0. The highest BCUT2D eigenvalue weighted by Crippen LogP contribution is 2.24. The molecule has 34 heavy (non-hydrogen) atoms. The van der Waals surface area contributed by atoms with Gasteiger partial charge in [0.05, 0.1) is 6.42 Å². The van der Waals surface area contributed by atoms with Gasteiger partial charge in [-0.3, -0.25) is 9.69 Å². The first-order valence-corrected chi connectivity index (χ1v) is 11.7. The topological polar surface area (TPSA) is 52.6 Å². The standard InChI is InChI=1S/C28H30FN3O2/c1-20(2)23-8-4-22(5-9-23)19-31-16-3-17-32(28(31)34)26-14-12-25(13-15-26)30-27(33)18-21-6-10-24(29)11-7-21/h4-15,20H,3,16-19H2,1-2H3,(H,30,33). The van der Waals surface area contributed by atoms with Gasteiger partial charge >= 0.3 is 6.03 Å². The molecular formula is C28H30FN3O2. The van der Waals surface area contributed by atoms with Crippen molar-refractivity contribution >= 4 is 23.3 Å². The van der Waals surface area contributed by atoms with Crippen molar-refractivity contribution in [2.75, 3.05) is 23.3 Å². The molecule has 0 saturated carbocycles. The molecule has 1 heterocycles. The minimum Gasteiger partial charge on any atom is -0.326 e. The number of rotatable bonds is 7. The zero-order chi connectivity index (χ0) is 24.1. The number of hydrogen-bond acceptors (Lipinski definition) is 2. The third-order valence-electron chi connectivity index (χ3n) is 6.07. The molecule has 3 aromatic carbocycles. The molecule has 6 heteroatoms. The number of hydrogen-bond donors (Lipinski definition) is 1. The van der Waals surface area contributed by atoms with E-state index >= 15 is 0 Å². The third kappa shape index (κ3) is 5.81. The fourth-order valence-corrected chi connectivity index (χ4v) is 4.11. The van der Waals surface area contributed by atoms with Crippen molar-refractivity contribution in [1.29, 1.82) is 0 Å². The normalized spacial score (nSPS) is 13.9. The van der Waals surface area contributed by atoms with Crippen LogP contribution in [0.4, 0.5) is 20.6 Å². The van der Waals surface area contributed by atoms with E-state index in [4.69, 9.17) is 0 Å². The van der Waals surface area contributed by atoms with Crippen molar-refractivity contribution in [1.82, 2.24) is 4.90 Å². The highest BCUT2D eigenvalue weighted by molar-refractivity contribution is 5.94. The highest BCUT2D eigenvalue weighted by atomic mass is 19.1. The zero-order valence-corrected chi connectivity index (χ0v) is 19.6. The van der Waals surface area contributed by atoms with Crippen LogP contribution in [0.5, 0.6) is 0 Å². The number of nitrogens with zero attached hydrogens (tertiary/aromatic N) is 2. The number of benzene rings is 3. The number of carbonyl (C=O) groups is 2. The van der Waals surface area contributed by atoms with E-state index in [9.17, 15) is 14.0 Å². The van der Waals surface area contributed by atoms with Crippen LogP contribution in [0.15, 0.2) is 72.8 Å². The summed E-state index contributed by atoms with van der Waals surface area (Å²) in [5, 5.41) is 2.85. The van der Waals surface area contributed by atoms with Crippen molar-refractivity contribution in [3.8, 4) is 0 Å². The van der Waals surface area contributed by atoms with E-state index in [1.165, 1.54) is 17.7 Å². The second-order valence-electron chi connectivity index (χ2n) is 9.00. The Morgan fingerprint density at radius 1 is 0.912 bits per heavy atom. The SMILES string of the molecule is CC(C)c1ccc(CN2CCCN(c3ccc(NC(=O)Cc4ccc(F)cc4)cc3)C2=O)cc1. The van der Waals surface area contributed by atoms with Gasteiger partial charge in [-0.1, -0.05) is 50.2 Å². The quantitative estimate of drug-likeness (QED) is 0.474. The lowest BCUT2D eigenvalue weighted by atomic mass is 10.0. The first-order chi connectivity index (χ1) is 16.4. The van der Waals surface area contributed by atoms with Crippen LogP contribution in [0.2, 0.25) is 0 Å². The summed E-state index contributed by atoms with van der Waals surface area (Å²) >= 11 is 0. The molecule has 0 spiro atoms. The molecule has 3 aromatic rings. The maximum Gasteiger partial charge on any atom is 0.324 e. The van der Waals surface area contributed by atoms with Gasteiger partial charge < -0.3 is 10.2 Å². The number of anilines is 2. The molecule has 0 aromatic heterocycles. The minimum atomic E-state index is -0.324. The van der Waals surface area contributed by atoms with E-state index in [0.29, 0.717) is 24.7 Å². The largest absolute Gasteiger partial charge is 0.326 e. The van der Waals surface area contributed by atoms with Crippen LogP contribution in [0.3, 0.4) is 0 Å². The van der Waals surface area contributed by atoms with Crippen LogP contribution >= 0.6 is 0 Å². The number of urea groups is 1. The van der Waals surface area contributed by atoms with E-state index in [-0.39, 0.29) is 24.2 Å². The Bertz CT molecular complexity index is 1130. The number of carbonyl (C=O) groups excluding carboxylic acids is 2. The summed E-state index contributed by atoms with van der Waals surface area (Å²) in [6.07, 6.45) is 1.06. The molecule has 1 saturated heterocycles. The Morgan fingerprint density at radius 2 is 1.56 bits per heavy atom. The van der Waals surface area contributed by atoms with E-state index in [2.05, 4.69) is 43.4 Å². The van der Waals surface area contributed by atoms with Gasteiger partial charge in [0.15, 0.2) is 0 Å². The zero-order valence-electron chi connectivity index (χ0n) is 19.6. The Kier molecular flexibility index (Phi) is 7.26. The summed E-state index contributed by atoms with van der Waals surface area (Å²) in [6.45, 7) is 6.33. The van der Waals surface area contributed by atoms with E-state index in [1.807, 2.05) is 17.0 Å². The fourth-order valence-electron chi connectivity index (χ4n) is 4.11. The van der Waals surface area contributed by atoms with Crippen molar-refractivity contribution in [3.63, 3.8) is 0 Å². The van der Waals surface area contributed by atoms with Gasteiger partial charge in [-0.25, -0.2) is 9.18 Å². The van der Waals surface area contributed by atoms with Gasteiger partial charge in [-0.05, 0) is 65.4 Å².